The SMILES string of the molecule is CC(CNc1cc(Br)c(F)cc1N)C1CC1. The minimum atomic E-state index is -0.321. The second-order valence-corrected chi connectivity index (χ2v) is 5.40. The summed E-state index contributed by atoms with van der Waals surface area (Å²) in [5.41, 5.74) is 7.01. The number of hydrogen-bond acceptors (Lipinski definition) is 2. The second kappa shape index (κ2) is 4.62. The number of benzene rings is 1. The van der Waals surface area contributed by atoms with E-state index in [1.165, 1.54) is 18.9 Å². The van der Waals surface area contributed by atoms with E-state index >= 15 is 0 Å². The Labute approximate surface area is 104 Å². The number of nitrogen functional groups attached to an aromatic ring is 1. The largest absolute Gasteiger partial charge is 0.397 e. The van der Waals surface area contributed by atoms with Gasteiger partial charge in [0.1, 0.15) is 5.82 Å². The first-order chi connectivity index (χ1) is 7.58. The van der Waals surface area contributed by atoms with Crippen LogP contribution in [0.3, 0.4) is 0 Å². The molecule has 4 heteroatoms. The van der Waals surface area contributed by atoms with Crippen molar-refractivity contribution in [3.05, 3.63) is 22.4 Å². The fraction of sp³-hybridized carbons (Fsp3) is 0.500. The molecule has 2 nitrogen and oxygen atoms in total. The van der Waals surface area contributed by atoms with Crippen LogP contribution in [0.2, 0.25) is 0 Å². The van der Waals surface area contributed by atoms with E-state index in [9.17, 15) is 4.39 Å². The molecule has 16 heavy (non-hydrogen) atoms. The molecule has 0 aromatic heterocycles. The third kappa shape index (κ3) is 2.67. The summed E-state index contributed by atoms with van der Waals surface area (Å²) < 4.78 is 13.6. The Morgan fingerprint density at radius 2 is 2.25 bits per heavy atom. The van der Waals surface area contributed by atoms with Crippen molar-refractivity contribution < 1.29 is 4.39 Å². The van der Waals surface area contributed by atoms with Crippen LogP contribution in [0.5, 0.6) is 0 Å². The molecule has 1 aliphatic rings. The van der Waals surface area contributed by atoms with E-state index in [0.29, 0.717) is 16.1 Å². The minimum absolute atomic E-state index is 0.321. The Morgan fingerprint density at radius 3 is 2.88 bits per heavy atom. The lowest BCUT2D eigenvalue weighted by molar-refractivity contribution is 0.536. The Morgan fingerprint density at radius 1 is 1.56 bits per heavy atom. The molecule has 1 saturated carbocycles. The molecule has 2 rings (SSSR count). The molecule has 0 radical (unpaired) electrons. The zero-order valence-electron chi connectivity index (χ0n) is 9.26. The van der Waals surface area contributed by atoms with Gasteiger partial charge in [-0.15, -0.1) is 0 Å². The summed E-state index contributed by atoms with van der Waals surface area (Å²) >= 11 is 3.16. The number of anilines is 2. The first kappa shape index (κ1) is 11.7. The number of nitrogens with one attached hydrogen (secondary N) is 1. The molecule has 0 aliphatic heterocycles. The lowest BCUT2D eigenvalue weighted by atomic mass is 10.1. The van der Waals surface area contributed by atoms with Gasteiger partial charge in [-0.3, -0.25) is 0 Å². The van der Waals surface area contributed by atoms with Crippen LogP contribution in [-0.4, -0.2) is 6.54 Å². The van der Waals surface area contributed by atoms with Crippen LogP contribution in [0.25, 0.3) is 0 Å². The third-order valence-corrected chi connectivity index (χ3v) is 3.74. The van der Waals surface area contributed by atoms with Crippen molar-refractivity contribution in [1.29, 1.82) is 0 Å². The van der Waals surface area contributed by atoms with Gasteiger partial charge in [0.2, 0.25) is 0 Å². The van der Waals surface area contributed by atoms with Gasteiger partial charge in [-0.05, 0) is 46.7 Å². The van der Waals surface area contributed by atoms with Crippen LogP contribution in [-0.2, 0) is 0 Å². The van der Waals surface area contributed by atoms with Gasteiger partial charge in [-0.25, -0.2) is 4.39 Å². The molecule has 3 N–H and O–H groups in total. The molecule has 1 aliphatic carbocycles. The van der Waals surface area contributed by atoms with E-state index in [1.807, 2.05) is 0 Å². The molecule has 1 atom stereocenters. The fourth-order valence-electron chi connectivity index (χ4n) is 1.82. The quantitative estimate of drug-likeness (QED) is 0.830. The molecule has 1 aromatic carbocycles. The number of rotatable bonds is 4. The van der Waals surface area contributed by atoms with Gasteiger partial charge in [0, 0.05) is 12.6 Å². The first-order valence-electron chi connectivity index (χ1n) is 5.56. The molecule has 0 saturated heterocycles. The minimum Gasteiger partial charge on any atom is -0.397 e. The topological polar surface area (TPSA) is 38.0 Å². The highest BCUT2D eigenvalue weighted by Crippen LogP contribution is 2.37. The molecular formula is C12H16BrFN2. The van der Waals surface area contributed by atoms with Gasteiger partial charge in [-0.1, -0.05) is 6.92 Å². The average molecular weight is 287 g/mol. The molecule has 0 heterocycles. The first-order valence-corrected chi connectivity index (χ1v) is 6.35. The highest BCUT2D eigenvalue weighted by atomic mass is 79.9. The van der Waals surface area contributed by atoms with Crippen LogP contribution < -0.4 is 11.1 Å². The fourth-order valence-corrected chi connectivity index (χ4v) is 2.16. The molecule has 1 aromatic rings. The summed E-state index contributed by atoms with van der Waals surface area (Å²) in [6.07, 6.45) is 2.68. The van der Waals surface area contributed by atoms with Crippen molar-refractivity contribution in [3.8, 4) is 0 Å². The van der Waals surface area contributed by atoms with E-state index in [2.05, 4.69) is 28.2 Å². The molecule has 88 valence electrons. The maximum Gasteiger partial charge on any atom is 0.139 e. The van der Waals surface area contributed by atoms with Crippen molar-refractivity contribution in [2.75, 3.05) is 17.6 Å². The van der Waals surface area contributed by atoms with Gasteiger partial charge in [-0.2, -0.15) is 0 Å². The number of halogens is 2. The summed E-state index contributed by atoms with van der Waals surface area (Å²) in [7, 11) is 0. The van der Waals surface area contributed by atoms with Crippen LogP contribution in [0.4, 0.5) is 15.8 Å². The summed E-state index contributed by atoms with van der Waals surface area (Å²) in [5, 5.41) is 3.28. The van der Waals surface area contributed by atoms with Crippen LogP contribution in [0.15, 0.2) is 16.6 Å². The van der Waals surface area contributed by atoms with Gasteiger partial charge in [0.15, 0.2) is 0 Å². The zero-order chi connectivity index (χ0) is 11.7. The van der Waals surface area contributed by atoms with E-state index in [1.54, 1.807) is 6.07 Å². The molecule has 0 spiro atoms. The molecular weight excluding hydrogens is 271 g/mol. The van der Waals surface area contributed by atoms with Crippen LogP contribution >= 0.6 is 15.9 Å². The number of nitrogens with two attached hydrogens (primary N) is 1. The Kier molecular flexibility index (Phi) is 3.38. The highest BCUT2D eigenvalue weighted by molar-refractivity contribution is 9.10. The second-order valence-electron chi connectivity index (χ2n) is 4.55. The maximum atomic E-state index is 13.1. The van der Waals surface area contributed by atoms with Gasteiger partial charge < -0.3 is 11.1 Å². The maximum absolute atomic E-state index is 13.1. The van der Waals surface area contributed by atoms with Crippen molar-refractivity contribution in [3.63, 3.8) is 0 Å². The van der Waals surface area contributed by atoms with E-state index in [-0.39, 0.29) is 5.82 Å². The molecule has 0 amide bonds. The highest BCUT2D eigenvalue weighted by Gasteiger charge is 2.27. The Bertz CT molecular complexity index is 391. The average Bonchev–Trinajstić information content (AvgIpc) is 3.04. The lowest BCUT2D eigenvalue weighted by Gasteiger charge is -2.14. The van der Waals surface area contributed by atoms with Crippen molar-refractivity contribution in [2.24, 2.45) is 11.8 Å². The lowest BCUT2D eigenvalue weighted by Crippen LogP contribution is -2.14. The monoisotopic (exact) mass is 286 g/mol. The van der Waals surface area contributed by atoms with Gasteiger partial charge in [0.05, 0.1) is 15.8 Å². The van der Waals surface area contributed by atoms with Crippen molar-refractivity contribution in [1.82, 2.24) is 0 Å². The van der Waals surface area contributed by atoms with Gasteiger partial charge in [0.25, 0.3) is 0 Å². The standard InChI is InChI=1S/C12H16BrFN2/c1-7(8-2-3-8)6-16-12-4-9(13)10(14)5-11(12)15/h4-5,7-8,16H,2-3,6,15H2,1H3. The molecule has 0 bridgehead atoms. The predicted molar refractivity (Wildman–Crippen MR) is 68.9 cm³/mol. The summed E-state index contributed by atoms with van der Waals surface area (Å²) in [6.45, 7) is 3.13. The normalized spacial score (nSPS) is 17.2. The summed E-state index contributed by atoms with van der Waals surface area (Å²) in [4.78, 5) is 0. The smallest absolute Gasteiger partial charge is 0.139 e. The van der Waals surface area contributed by atoms with Crippen LogP contribution in [0.1, 0.15) is 19.8 Å². The third-order valence-electron chi connectivity index (χ3n) is 3.13. The molecule has 1 unspecified atom stereocenters. The Balaban J connectivity index is 2.00. The van der Waals surface area contributed by atoms with E-state index in [4.69, 9.17) is 5.73 Å². The van der Waals surface area contributed by atoms with E-state index < -0.39 is 0 Å². The van der Waals surface area contributed by atoms with Crippen molar-refractivity contribution >= 4 is 27.3 Å². The van der Waals surface area contributed by atoms with Crippen LogP contribution in [0, 0.1) is 17.7 Å². The van der Waals surface area contributed by atoms with E-state index in [0.717, 1.165) is 18.2 Å². The summed E-state index contributed by atoms with van der Waals surface area (Å²) in [6, 6.07) is 3.04. The zero-order valence-corrected chi connectivity index (χ0v) is 10.8. The number of hydrogen-bond donors (Lipinski definition) is 2. The van der Waals surface area contributed by atoms with Gasteiger partial charge >= 0.3 is 0 Å². The predicted octanol–water partition coefficient (Wildman–Crippen LogP) is 3.63. The Hall–Kier alpha value is -0.770. The van der Waals surface area contributed by atoms with Crippen molar-refractivity contribution in [2.45, 2.75) is 19.8 Å². The summed E-state index contributed by atoms with van der Waals surface area (Å²) in [5.74, 6) is 1.19. The molecule has 1 fully saturated rings.